The van der Waals surface area contributed by atoms with E-state index in [1.807, 2.05) is 17.9 Å². The van der Waals surface area contributed by atoms with Gasteiger partial charge >= 0.3 is 0 Å². The fourth-order valence-corrected chi connectivity index (χ4v) is 1.32. The normalized spacial score (nSPS) is 19.5. The predicted octanol–water partition coefficient (Wildman–Crippen LogP) is 0.239. The van der Waals surface area contributed by atoms with E-state index in [1.54, 1.807) is 0 Å². The zero-order valence-corrected chi connectivity index (χ0v) is 7.32. The largest absolute Gasteiger partial charge is 0.325 e. The molecular formula is C8H14N4. The molecule has 1 aromatic rings. The summed E-state index contributed by atoms with van der Waals surface area (Å²) in [6, 6.07) is 0. The van der Waals surface area contributed by atoms with Gasteiger partial charge in [-0.2, -0.15) is 0 Å². The van der Waals surface area contributed by atoms with Crippen LogP contribution in [0.25, 0.3) is 0 Å². The van der Waals surface area contributed by atoms with Crippen molar-refractivity contribution >= 4 is 0 Å². The average molecular weight is 166 g/mol. The molecule has 1 aliphatic rings. The molecule has 0 aliphatic heterocycles. The molecule has 2 N–H and O–H groups in total. The molecule has 1 fully saturated rings. The molecule has 0 unspecified atom stereocenters. The fraction of sp³-hybridized carbons (Fsp3) is 0.750. The van der Waals surface area contributed by atoms with Crippen molar-refractivity contribution in [1.29, 1.82) is 0 Å². The maximum Gasteiger partial charge on any atom is 0.0724 e. The molecule has 66 valence electrons. The Hall–Kier alpha value is -0.900. The first-order valence-electron chi connectivity index (χ1n) is 4.32. The van der Waals surface area contributed by atoms with Crippen molar-refractivity contribution in [3.05, 3.63) is 11.9 Å². The number of hydrogen-bond donors (Lipinski definition) is 1. The molecular weight excluding hydrogens is 152 g/mol. The summed E-state index contributed by atoms with van der Waals surface area (Å²) in [6.07, 6.45) is 6.23. The van der Waals surface area contributed by atoms with Crippen molar-refractivity contribution in [2.75, 3.05) is 0 Å². The highest BCUT2D eigenvalue weighted by molar-refractivity contribution is 5.03. The van der Waals surface area contributed by atoms with Crippen LogP contribution in [0.2, 0.25) is 0 Å². The van der Waals surface area contributed by atoms with Crippen LogP contribution in [0.5, 0.6) is 0 Å². The summed E-state index contributed by atoms with van der Waals surface area (Å²) in [6.45, 7) is 0. The van der Waals surface area contributed by atoms with Crippen LogP contribution in [-0.4, -0.2) is 20.5 Å². The molecule has 0 amide bonds. The lowest BCUT2D eigenvalue weighted by Gasteiger charge is -2.06. The quantitative estimate of drug-likeness (QED) is 0.699. The first-order valence-corrected chi connectivity index (χ1v) is 4.32. The minimum Gasteiger partial charge on any atom is -0.325 e. The molecule has 12 heavy (non-hydrogen) atoms. The summed E-state index contributed by atoms with van der Waals surface area (Å²) in [5, 5.41) is 7.68. The van der Waals surface area contributed by atoms with Gasteiger partial charge in [-0.25, -0.2) is 0 Å². The monoisotopic (exact) mass is 166 g/mol. The fourth-order valence-electron chi connectivity index (χ4n) is 1.32. The van der Waals surface area contributed by atoms with Crippen LogP contribution in [0.15, 0.2) is 6.20 Å². The van der Waals surface area contributed by atoms with E-state index >= 15 is 0 Å². The summed E-state index contributed by atoms with van der Waals surface area (Å²) in [5.41, 5.74) is 7.28. The molecule has 1 heterocycles. The second-order valence-electron chi connectivity index (χ2n) is 3.71. The van der Waals surface area contributed by atoms with Gasteiger partial charge in [0.1, 0.15) is 0 Å². The summed E-state index contributed by atoms with van der Waals surface area (Å²) >= 11 is 0. The van der Waals surface area contributed by atoms with Crippen molar-refractivity contribution in [3.63, 3.8) is 0 Å². The van der Waals surface area contributed by atoms with Crippen molar-refractivity contribution in [2.45, 2.75) is 31.2 Å². The topological polar surface area (TPSA) is 56.7 Å². The summed E-state index contributed by atoms with van der Waals surface area (Å²) in [7, 11) is 1.92. The van der Waals surface area contributed by atoms with E-state index in [0.717, 1.165) is 12.8 Å². The van der Waals surface area contributed by atoms with E-state index < -0.39 is 0 Å². The van der Waals surface area contributed by atoms with Gasteiger partial charge in [0.25, 0.3) is 0 Å². The highest BCUT2D eigenvalue weighted by atomic mass is 15.4. The first kappa shape index (κ1) is 7.73. The third-order valence-electron chi connectivity index (χ3n) is 2.58. The van der Waals surface area contributed by atoms with E-state index in [0.29, 0.717) is 0 Å². The molecule has 1 aromatic heterocycles. The SMILES string of the molecule is Cn1nncc1CCC1(N)CC1. The predicted molar refractivity (Wildman–Crippen MR) is 45.5 cm³/mol. The Morgan fingerprint density at radius 1 is 1.67 bits per heavy atom. The van der Waals surface area contributed by atoms with Gasteiger partial charge in [0.05, 0.1) is 11.9 Å². The summed E-state index contributed by atoms with van der Waals surface area (Å²) in [4.78, 5) is 0. The van der Waals surface area contributed by atoms with Crippen LogP contribution in [-0.2, 0) is 13.5 Å². The minimum atomic E-state index is 0.143. The van der Waals surface area contributed by atoms with E-state index in [2.05, 4.69) is 10.3 Å². The molecule has 1 saturated carbocycles. The Balaban J connectivity index is 1.91. The Morgan fingerprint density at radius 2 is 2.42 bits per heavy atom. The molecule has 1 aliphatic carbocycles. The van der Waals surface area contributed by atoms with Crippen LogP contribution in [0.4, 0.5) is 0 Å². The molecule has 0 aromatic carbocycles. The van der Waals surface area contributed by atoms with Gasteiger partial charge in [-0.3, -0.25) is 4.68 Å². The van der Waals surface area contributed by atoms with E-state index in [1.165, 1.54) is 18.5 Å². The second kappa shape index (κ2) is 2.55. The zero-order chi connectivity index (χ0) is 8.60. The standard InChI is InChI=1S/C8H14N4/c1-12-7(6-10-11-12)2-3-8(9)4-5-8/h6H,2-5,9H2,1H3. The van der Waals surface area contributed by atoms with Crippen LogP contribution >= 0.6 is 0 Å². The molecule has 0 saturated heterocycles. The third-order valence-corrected chi connectivity index (χ3v) is 2.58. The number of rotatable bonds is 3. The summed E-state index contributed by atoms with van der Waals surface area (Å²) in [5.74, 6) is 0. The second-order valence-corrected chi connectivity index (χ2v) is 3.71. The molecule has 0 spiro atoms. The molecule has 0 atom stereocenters. The van der Waals surface area contributed by atoms with Gasteiger partial charge in [0.2, 0.25) is 0 Å². The smallest absolute Gasteiger partial charge is 0.0724 e. The van der Waals surface area contributed by atoms with Gasteiger partial charge in [-0.1, -0.05) is 5.21 Å². The lowest BCUT2D eigenvalue weighted by molar-refractivity contribution is 0.580. The van der Waals surface area contributed by atoms with E-state index in [-0.39, 0.29) is 5.54 Å². The van der Waals surface area contributed by atoms with Crippen molar-refractivity contribution in [1.82, 2.24) is 15.0 Å². The van der Waals surface area contributed by atoms with Crippen LogP contribution < -0.4 is 5.73 Å². The lowest BCUT2D eigenvalue weighted by Crippen LogP contribution is -2.22. The zero-order valence-electron chi connectivity index (χ0n) is 7.32. The van der Waals surface area contributed by atoms with Crippen LogP contribution in [0, 0.1) is 0 Å². The Bertz CT molecular complexity index is 274. The van der Waals surface area contributed by atoms with Crippen molar-refractivity contribution < 1.29 is 0 Å². The Labute approximate surface area is 71.8 Å². The van der Waals surface area contributed by atoms with Crippen LogP contribution in [0.3, 0.4) is 0 Å². The highest BCUT2D eigenvalue weighted by Gasteiger charge is 2.37. The van der Waals surface area contributed by atoms with E-state index in [9.17, 15) is 0 Å². The van der Waals surface area contributed by atoms with Gasteiger partial charge < -0.3 is 5.73 Å². The molecule has 4 nitrogen and oxygen atoms in total. The highest BCUT2D eigenvalue weighted by Crippen LogP contribution is 2.36. The Kier molecular flexibility index (Phi) is 1.65. The lowest BCUT2D eigenvalue weighted by atomic mass is 10.1. The average Bonchev–Trinajstić information content (AvgIpc) is 2.61. The number of nitrogens with two attached hydrogens (primary N) is 1. The van der Waals surface area contributed by atoms with Crippen molar-refractivity contribution in [3.8, 4) is 0 Å². The van der Waals surface area contributed by atoms with Crippen molar-refractivity contribution in [2.24, 2.45) is 12.8 Å². The number of aromatic nitrogens is 3. The summed E-state index contributed by atoms with van der Waals surface area (Å²) < 4.78 is 1.81. The Morgan fingerprint density at radius 3 is 2.92 bits per heavy atom. The maximum absolute atomic E-state index is 5.96. The number of hydrogen-bond acceptors (Lipinski definition) is 3. The van der Waals surface area contributed by atoms with Gasteiger partial charge in [-0.05, 0) is 25.7 Å². The van der Waals surface area contributed by atoms with Gasteiger partial charge in [0, 0.05) is 12.6 Å². The molecule has 2 rings (SSSR count). The third kappa shape index (κ3) is 1.48. The van der Waals surface area contributed by atoms with E-state index in [4.69, 9.17) is 5.73 Å². The molecule has 0 radical (unpaired) electrons. The van der Waals surface area contributed by atoms with Gasteiger partial charge in [0.15, 0.2) is 0 Å². The molecule has 0 bridgehead atoms. The molecule has 4 heteroatoms. The number of aryl methyl sites for hydroxylation is 2. The van der Waals surface area contributed by atoms with Crippen LogP contribution in [0.1, 0.15) is 25.0 Å². The van der Waals surface area contributed by atoms with Gasteiger partial charge in [-0.15, -0.1) is 5.10 Å². The maximum atomic E-state index is 5.96. The minimum absolute atomic E-state index is 0.143. The first-order chi connectivity index (χ1) is 5.70. The number of nitrogens with zero attached hydrogens (tertiary/aromatic N) is 3.